The van der Waals surface area contributed by atoms with Gasteiger partial charge in [0.1, 0.15) is 0 Å². The summed E-state index contributed by atoms with van der Waals surface area (Å²) < 4.78 is 11.3. The van der Waals surface area contributed by atoms with Gasteiger partial charge < -0.3 is 15.6 Å². The van der Waals surface area contributed by atoms with Crippen molar-refractivity contribution in [2.24, 2.45) is 5.73 Å². The number of rotatable bonds is 3. The normalized spacial score (nSPS) is 18.0. The van der Waals surface area contributed by atoms with Crippen LogP contribution >= 0.6 is 0 Å². The van der Waals surface area contributed by atoms with Crippen molar-refractivity contribution in [3.63, 3.8) is 0 Å². The van der Waals surface area contributed by atoms with Gasteiger partial charge in [0.2, 0.25) is 5.91 Å². The number of aromatic amines is 1. The van der Waals surface area contributed by atoms with E-state index in [0.29, 0.717) is 31.0 Å². The monoisotopic (exact) mass is 305 g/mol. The van der Waals surface area contributed by atoms with Crippen molar-refractivity contribution in [1.82, 2.24) is 9.88 Å². The van der Waals surface area contributed by atoms with Crippen LogP contribution in [0, 0.1) is 0 Å². The summed E-state index contributed by atoms with van der Waals surface area (Å²) in [6.45, 7) is 1.10. The topological polar surface area (TPSA) is 79.2 Å². The van der Waals surface area contributed by atoms with E-state index in [4.69, 9.17) is 5.73 Å². The summed E-state index contributed by atoms with van der Waals surface area (Å²) in [5, 5.41) is 1.11. The van der Waals surface area contributed by atoms with Crippen molar-refractivity contribution in [2.45, 2.75) is 12.5 Å². The minimum Gasteiger partial charge on any atom is -0.361 e. The summed E-state index contributed by atoms with van der Waals surface area (Å²) in [5.41, 5.74) is 8.20. The first-order valence-electron chi connectivity index (χ1n) is 7.09. The molecule has 1 saturated heterocycles. The second-order valence-corrected chi connectivity index (χ2v) is 7.04. The number of para-hydroxylation sites is 1. The Labute approximate surface area is 126 Å². The molecule has 5 nitrogen and oxygen atoms in total. The molecule has 1 amide bonds. The number of nitrogens with zero attached hydrogens (tertiary/aromatic N) is 1. The van der Waals surface area contributed by atoms with Crippen LogP contribution < -0.4 is 5.73 Å². The number of carbonyl (C=O) groups is 1. The summed E-state index contributed by atoms with van der Waals surface area (Å²) >= 11 is 0. The number of hydrogen-bond donors (Lipinski definition) is 2. The largest absolute Gasteiger partial charge is 0.361 e. The first-order chi connectivity index (χ1) is 10.1. The molecule has 3 N–H and O–H groups in total. The van der Waals surface area contributed by atoms with Gasteiger partial charge in [-0.25, -0.2) is 0 Å². The highest BCUT2D eigenvalue weighted by Crippen LogP contribution is 2.19. The zero-order valence-electron chi connectivity index (χ0n) is 11.7. The maximum absolute atomic E-state index is 12.4. The lowest BCUT2D eigenvalue weighted by molar-refractivity contribution is -0.132. The van der Waals surface area contributed by atoms with E-state index in [-0.39, 0.29) is 5.91 Å². The first-order valence-corrected chi connectivity index (χ1v) is 8.58. The summed E-state index contributed by atoms with van der Waals surface area (Å²) in [5.74, 6) is 1.08. The molecule has 1 atom stereocenters. The molecule has 21 heavy (non-hydrogen) atoms. The predicted molar refractivity (Wildman–Crippen MR) is 84.4 cm³/mol. The van der Waals surface area contributed by atoms with E-state index in [0.717, 1.165) is 16.5 Å². The Morgan fingerprint density at radius 3 is 2.81 bits per heavy atom. The van der Waals surface area contributed by atoms with E-state index < -0.39 is 16.8 Å². The summed E-state index contributed by atoms with van der Waals surface area (Å²) in [6, 6.07) is 7.44. The Balaban J connectivity index is 1.69. The fourth-order valence-electron chi connectivity index (χ4n) is 2.72. The molecule has 1 aromatic heterocycles. The molecule has 0 radical (unpaired) electrons. The highest BCUT2D eigenvalue weighted by Gasteiger charge is 2.25. The van der Waals surface area contributed by atoms with Gasteiger partial charge in [-0.15, -0.1) is 0 Å². The van der Waals surface area contributed by atoms with Crippen molar-refractivity contribution in [3.05, 3.63) is 36.0 Å². The van der Waals surface area contributed by atoms with Gasteiger partial charge in [0.15, 0.2) is 0 Å². The number of nitrogens with two attached hydrogens (primary N) is 1. The van der Waals surface area contributed by atoms with Gasteiger partial charge in [0.25, 0.3) is 0 Å². The molecule has 2 aromatic rings. The Morgan fingerprint density at radius 1 is 1.33 bits per heavy atom. The van der Waals surface area contributed by atoms with Gasteiger partial charge in [-0.2, -0.15) is 0 Å². The Bertz CT molecular complexity index is 672. The molecule has 0 aliphatic carbocycles. The van der Waals surface area contributed by atoms with Crippen molar-refractivity contribution >= 4 is 27.6 Å². The van der Waals surface area contributed by atoms with E-state index in [9.17, 15) is 9.00 Å². The minimum absolute atomic E-state index is 0.0445. The Hall–Kier alpha value is -1.66. The fourth-order valence-corrected chi connectivity index (χ4v) is 3.77. The molecule has 3 rings (SSSR count). The van der Waals surface area contributed by atoms with Gasteiger partial charge in [-0.1, -0.05) is 18.2 Å². The number of fused-ring (bicyclic) bond motifs is 1. The number of nitrogens with one attached hydrogen (secondary N) is 1. The first kappa shape index (κ1) is 14.3. The number of benzene rings is 1. The molecular weight excluding hydrogens is 286 g/mol. The van der Waals surface area contributed by atoms with E-state index in [2.05, 4.69) is 4.98 Å². The van der Waals surface area contributed by atoms with E-state index in [1.807, 2.05) is 30.5 Å². The number of hydrogen-bond acceptors (Lipinski definition) is 3. The van der Waals surface area contributed by atoms with Gasteiger partial charge >= 0.3 is 0 Å². The molecular formula is C15H19N3O2S. The number of carbonyl (C=O) groups excluding carboxylic acids is 1. The molecule has 1 aliphatic rings. The maximum atomic E-state index is 12.4. The summed E-state index contributed by atoms with van der Waals surface area (Å²) in [7, 11) is -0.780. The number of H-pyrrole nitrogens is 1. The summed E-state index contributed by atoms with van der Waals surface area (Å²) in [6.07, 6.45) is 2.44. The van der Waals surface area contributed by atoms with Crippen LogP contribution in [0.3, 0.4) is 0 Å². The lowest BCUT2D eigenvalue weighted by Gasteiger charge is -2.28. The zero-order chi connectivity index (χ0) is 14.8. The maximum Gasteiger partial charge on any atom is 0.239 e. The van der Waals surface area contributed by atoms with Crippen molar-refractivity contribution in [3.8, 4) is 0 Å². The van der Waals surface area contributed by atoms with Gasteiger partial charge in [0.05, 0.1) is 6.04 Å². The SMILES string of the molecule is N[C@H](Cc1c[nH]c2ccccc12)C(=O)N1CCS(=O)CC1. The molecule has 0 bridgehead atoms. The molecule has 6 heteroatoms. The van der Waals surface area contributed by atoms with Gasteiger partial charge in [-0.05, 0) is 18.1 Å². The third-order valence-corrected chi connectivity index (χ3v) is 5.20. The van der Waals surface area contributed by atoms with Crippen LogP contribution in [0.2, 0.25) is 0 Å². The third-order valence-electron chi connectivity index (χ3n) is 3.92. The van der Waals surface area contributed by atoms with E-state index in [1.54, 1.807) is 4.90 Å². The Kier molecular flexibility index (Phi) is 4.07. The van der Waals surface area contributed by atoms with Crippen LogP contribution in [0.4, 0.5) is 0 Å². The molecule has 1 aromatic carbocycles. The van der Waals surface area contributed by atoms with Crippen LogP contribution in [0.25, 0.3) is 10.9 Å². The van der Waals surface area contributed by atoms with E-state index in [1.165, 1.54) is 0 Å². The standard InChI is InChI=1S/C15H19N3O2S/c16-13(15(19)18-5-7-21(20)8-6-18)9-11-10-17-14-4-2-1-3-12(11)14/h1-4,10,13,17H,5-9,16H2/t13-/m1/s1. The van der Waals surface area contributed by atoms with E-state index >= 15 is 0 Å². The van der Waals surface area contributed by atoms with Crippen molar-refractivity contribution in [1.29, 1.82) is 0 Å². The average molecular weight is 305 g/mol. The van der Waals surface area contributed by atoms with Crippen LogP contribution in [-0.4, -0.2) is 50.6 Å². The quantitative estimate of drug-likeness (QED) is 0.873. The number of aromatic nitrogens is 1. The number of amides is 1. The van der Waals surface area contributed by atoms with Gasteiger partial charge in [-0.3, -0.25) is 9.00 Å². The average Bonchev–Trinajstić information content (AvgIpc) is 2.91. The second-order valence-electron chi connectivity index (χ2n) is 5.34. The highest BCUT2D eigenvalue weighted by atomic mass is 32.2. The second kappa shape index (κ2) is 5.99. The molecule has 0 saturated carbocycles. The predicted octanol–water partition coefficient (Wildman–Crippen LogP) is 0.629. The Morgan fingerprint density at radius 2 is 2.05 bits per heavy atom. The summed E-state index contributed by atoms with van der Waals surface area (Å²) in [4.78, 5) is 17.3. The van der Waals surface area contributed by atoms with Crippen LogP contribution in [0.15, 0.2) is 30.5 Å². The molecule has 2 heterocycles. The highest BCUT2D eigenvalue weighted by molar-refractivity contribution is 7.85. The molecule has 112 valence electrons. The molecule has 0 unspecified atom stereocenters. The van der Waals surface area contributed by atoms with Crippen LogP contribution in [0.5, 0.6) is 0 Å². The van der Waals surface area contributed by atoms with Crippen molar-refractivity contribution < 1.29 is 9.00 Å². The van der Waals surface area contributed by atoms with Crippen molar-refractivity contribution in [2.75, 3.05) is 24.6 Å². The lowest BCUT2D eigenvalue weighted by atomic mass is 10.0. The fraction of sp³-hybridized carbons (Fsp3) is 0.400. The molecule has 1 aliphatic heterocycles. The van der Waals surface area contributed by atoms with Crippen LogP contribution in [-0.2, 0) is 22.0 Å². The van der Waals surface area contributed by atoms with Gasteiger partial charge in [0, 0.05) is 52.5 Å². The third kappa shape index (κ3) is 3.01. The zero-order valence-corrected chi connectivity index (χ0v) is 12.6. The minimum atomic E-state index is -0.780. The smallest absolute Gasteiger partial charge is 0.239 e. The molecule has 1 fully saturated rings. The lowest BCUT2D eigenvalue weighted by Crippen LogP contribution is -2.49. The molecule has 0 spiro atoms. The van der Waals surface area contributed by atoms with Crippen LogP contribution in [0.1, 0.15) is 5.56 Å².